The molecule has 3 rings (SSSR count). The zero-order valence-corrected chi connectivity index (χ0v) is 11.3. The minimum Gasteiger partial charge on any atom is -0.337 e. The van der Waals surface area contributed by atoms with Gasteiger partial charge in [0.1, 0.15) is 5.82 Å². The summed E-state index contributed by atoms with van der Waals surface area (Å²) in [5, 5.41) is 3.51. The van der Waals surface area contributed by atoms with E-state index in [1.54, 1.807) is 0 Å². The molecule has 1 N–H and O–H groups in total. The first-order valence-corrected chi connectivity index (χ1v) is 7.26. The van der Waals surface area contributed by atoms with Crippen molar-refractivity contribution in [2.45, 2.75) is 31.7 Å². The van der Waals surface area contributed by atoms with E-state index < -0.39 is 0 Å². The van der Waals surface area contributed by atoms with Crippen molar-refractivity contribution >= 4 is 0 Å². The van der Waals surface area contributed by atoms with E-state index in [0.29, 0.717) is 6.04 Å². The summed E-state index contributed by atoms with van der Waals surface area (Å²) in [6, 6.07) is 0.458. The number of aryl methyl sites for hydroxylation is 1. The Bertz CT molecular complexity index is 381. The summed E-state index contributed by atoms with van der Waals surface area (Å²) in [7, 11) is 2.10. The third-order valence-electron chi connectivity index (χ3n) is 4.48. The van der Waals surface area contributed by atoms with E-state index in [1.807, 2.05) is 6.20 Å². The first-order chi connectivity index (χ1) is 8.84. The number of piperazine rings is 1. The van der Waals surface area contributed by atoms with Gasteiger partial charge in [-0.2, -0.15) is 0 Å². The summed E-state index contributed by atoms with van der Waals surface area (Å²) >= 11 is 0. The van der Waals surface area contributed by atoms with Gasteiger partial charge in [0.25, 0.3) is 0 Å². The van der Waals surface area contributed by atoms with E-state index >= 15 is 0 Å². The molecule has 1 aliphatic carbocycles. The van der Waals surface area contributed by atoms with Gasteiger partial charge in [-0.05, 0) is 18.8 Å². The van der Waals surface area contributed by atoms with Crippen LogP contribution in [0.3, 0.4) is 0 Å². The van der Waals surface area contributed by atoms with Crippen molar-refractivity contribution < 1.29 is 0 Å². The Morgan fingerprint density at radius 2 is 2.22 bits per heavy atom. The maximum atomic E-state index is 4.55. The highest BCUT2D eigenvalue weighted by molar-refractivity contribution is 5.02. The minimum atomic E-state index is 0.458. The predicted octanol–water partition coefficient (Wildman–Crippen LogP) is 1.56. The van der Waals surface area contributed by atoms with Crippen LogP contribution in [-0.4, -0.2) is 40.6 Å². The van der Waals surface area contributed by atoms with Gasteiger partial charge in [-0.3, -0.25) is 4.90 Å². The standard InChI is InChI=1S/C14H24N4/c1-17-8-7-16-14(17)13-10-15-6-9-18(13)11-12-4-2-3-5-12/h7-8,12-13,15H,2-6,9-11H2,1H3. The van der Waals surface area contributed by atoms with Gasteiger partial charge in [-0.15, -0.1) is 0 Å². The Balaban J connectivity index is 1.71. The Kier molecular flexibility index (Phi) is 3.66. The Labute approximate surface area is 109 Å². The molecule has 1 atom stereocenters. The number of rotatable bonds is 3. The molecule has 0 bridgehead atoms. The molecule has 2 aliphatic rings. The molecular formula is C14H24N4. The summed E-state index contributed by atoms with van der Waals surface area (Å²) in [4.78, 5) is 7.19. The third kappa shape index (κ3) is 2.45. The number of hydrogen-bond acceptors (Lipinski definition) is 3. The first kappa shape index (κ1) is 12.2. The molecule has 1 saturated carbocycles. The van der Waals surface area contributed by atoms with E-state index in [9.17, 15) is 0 Å². The van der Waals surface area contributed by atoms with Gasteiger partial charge in [0, 0.05) is 45.6 Å². The van der Waals surface area contributed by atoms with Gasteiger partial charge in [0.05, 0.1) is 6.04 Å². The van der Waals surface area contributed by atoms with Crippen LogP contribution in [0.5, 0.6) is 0 Å². The highest BCUT2D eigenvalue weighted by Gasteiger charge is 2.29. The van der Waals surface area contributed by atoms with Gasteiger partial charge in [-0.1, -0.05) is 12.8 Å². The van der Waals surface area contributed by atoms with Crippen LogP contribution in [0, 0.1) is 5.92 Å². The fraction of sp³-hybridized carbons (Fsp3) is 0.786. The lowest BCUT2D eigenvalue weighted by molar-refractivity contribution is 0.130. The van der Waals surface area contributed by atoms with Crippen molar-refractivity contribution in [2.75, 3.05) is 26.2 Å². The van der Waals surface area contributed by atoms with E-state index in [1.165, 1.54) is 38.1 Å². The maximum Gasteiger partial charge on any atom is 0.127 e. The largest absolute Gasteiger partial charge is 0.337 e. The molecule has 0 aromatic carbocycles. The molecule has 0 amide bonds. The number of aromatic nitrogens is 2. The molecule has 1 aromatic heterocycles. The topological polar surface area (TPSA) is 33.1 Å². The molecule has 1 saturated heterocycles. The highest BCUT2D eigenvalue weighted by Crippen LogP contribution is 2.29. The SMILES string of the molecule is Cn1ccnc1C1CNCCN1CC1CCCC1. The van der Waals surface area contributed by atoms with E-state index in [0.717, 1.165) is 25.6 Å². The molecule has 2 heterocycles. The summed E-state index contributed by atoms with van der Waals surface area (Å²) in [6.45, 7) is 4.58. The second kappa shape index (κ2) is 5.41. The lowest BCUT2D eigenvalue weighted by atomic mass is 10.0. The van der Waals surface area contributed by atoms with Crippen LogP contribution >= 0.6 is 0 Å². The van der Waals surface area contributed by atoms with E-state index in [2.05, 4.69) is 33.0 Å². The first-order valence-electron chi connectivity index (χ1n) is 7.26. The maximum absolute atomic E-state index is 4.55. The minimum absolute atomic E-state index is 0.458. The molecule has 1 aromatic rings. The van der Waals surface area contributed by atoms with Gasteiger partial charge in [0.2, 0.25) is 0 Å². The average molecular weight is 248 g/mol. The van der Waals surface area contributed by atoms with E-state index in [-0.39, 0.29) is 0 Å². The van der Waals surface area contributed by atoms with Crippen molar-refractivity contribution in [3.8, 4) is 0 Å². The van der Waals surface area contributed by atoms with Gasteiger partial charge in [0.15, 0.2) is 0 Å². The Morgan fingerprint density at radius 1 is 1.39 bits per heavy atom. The zero-order chi connectivity index (χ0) is 12.4. The fourth-order valence-corrected chi connectivity index (χ4v) is 3.44. The number of nitrogens with one attached hydrogen (secondary N) is 1. The van der Waals surface area contributed by atoms with Crippen molar-refractivity contribution in [3.63, 3.8) is 0 Å². The number of imidazole rings is 1. The number of nitrogens with zero attached hydrogens (tertiary/aromatic N) is 3. The molecule has 4 heteroatoms. The van der Waals surface area contributed by atoms with Crippen LogP contribution in [-0.2, 0) is 7.05 Å². The van der Waals surface area contributed by atoms with Crippen LogP contribution in [0.4, 0.5) is 0 Å². The van der Waals surface area contributed by atoms with Crippen LogP contribution in [0.25, 0.3) is 0 Å². The van der Waals surface area contributed by atoms with Crippen molar-refractivity contribution in [1.29, 1.82) is 0 Å². The van der Waals surface area contributed by atoms with E-state index in [4.69, 9.17) is 0 Å². The monoisotopic (exact) mass is 248 g/mol. The molecular weight excluding hydrogens is 224 g/mol. The molecule has 1 unspecified atom stereocenters. The Hall–Kier alpha value is -0.870. The normalized spacial score (nSPS) is 26.8. The number of hydrogen-bond donors (Lipinski definition) is 1. The van der Waals surface area contributed by atoms with Crippen LogP contribution in [0.1, 0.15) is 37.5 Å². The lowest BCUT2D eigenvalue weighted by Gasteiger charge is -2.37. The fourth-order valence-electron chi connectivity index (χ4n) is 3.44. The summed E-state index contributed by atoms with van der Waals surface area (Å²) < 4.78 is 2.17. The van der Waals surface area contributed by atoms with Crippen molar-refractivity contribution in [2.24, 2.45) is 13.0 Å². The summed E-state index contributed by atoms with van der Waals surface area (Å²) in [5.74, 6) is 2.13. The molecule has 0 spiro atoms. The highest BCUT2D eigenvalue weighted by atomic mass is 15.3. The average Bonchev–Trinajstić information content (AvgIpc) is 3.02. The van der Waals surface area contributed by atoms with Gasteiger partial charge in [-0.25, -0.2) is 4.98 Å². The zero-order valence-electron chi connectivity index (χ0n) is 11.3. The van der Waals surface area contributed by atoms with Gasteiger partial charge >= 0.3 is 0 Å². The Morgan fingerprint density at radius 3 is 2.94 bits per heavy atom. The second-order valence-corrected chi connectivity index (χ2v) is 5.76. The molecule has 18 heavy (non-hydrogen) atoms. The molecule has 100 valence electrons. The molecule has 0 radical (unpaired) electrons. The third-order valence-corrected chi connectivity index (χ3v) is 4.48. The second-order valence-electron chi connectivity index (χ2n) is 5.76. The van der Waals surface area contributed by atoms with Gasteiger partial charge < -0.3 is 9.88 Å². The molecule has 4 nitrogen and oxygen atoms in total. The van der Waals surface area contributed by atoms with Crippen LogP contribution in [0.2, 0.25) is 0 Å². The summed E-state index contributed by atoms with van der Waals surface area (Å²) in [6.07, 6.45) is 9.69. The predicted molar refractivity (Wildman–Crippen MR) is 72.3 cm³/mol. The lowest BCUT2D eigenvalue weighted by Crippen LogP contribution is -2.48. The van der Waals surface area contributed by atoms with Crippen molar-refractivity contribution in [3.05, 3.63) is 18.2 Å². The quantitative estimate of drug-likeness (QED) is 0.881. The summed E-state index contributed by atoms with van der Waals surface area (Å²) in [5.41, 5.74) is 0. The van der Waals surface area contributed by atoms with Crippen molar-refractivity contribution in [1.82, 2.24) is 19.8 Å². The molecule has 1 aliphatic heterocycles. The van der Waals surface area contributed by atoms with Crippen LogP contribution < -0.4 is 5.32 Å². The smallest absolute Gasteiger partial charge is 0.127 e. The van der Waals surface area contributed by atoms with Crippen LogP contribution in [0.15, 0.2) is 12.4 Å². The molecule has 2 fully saturated rings.